The molecule has 1 N–H and O–H groups in total. The van der Waals surface area contributed by atoms with Crippen molar-refractivity contribution in [2.24, 2.45) is 0 Å². The quantitative estimate of drug-likeness (QED) is 0.231. The summed E-state index contributed by atoms with van der Waals surface area (Å²) in [6, 6.07) is 0.0547. The number of fused-ring (bicyclic) bond motifs is 2. The molecule has 32 heavy (non-hydrogen) atoms. The summed E-state index contributed by atoms with van der Waals surface area (Å²) in [5.74, 6) is -1.78. The van der Waals surface area contributed by atoms with Crippen molar-refractivity contribution < 1.29 is 14.1 Å². The molecule has 1 aromatic carbocycles. The first kappa shape index (κ1) is 21.4. The van der Waals surface area contributed by atoms with Crippen LogP contribution >= 0.6 is 23.2 Å². The Bertz CT molecular complexity index is 1270. The van der Waals surface area contributed by atoms with E-state index in [1.165, 1.54) is 6.20 Å². The molecule has 8 nitrogen and oxygen atoms in total. The van der Waals surface area contributed by atoms with E-state index < -0.39 is 33.5 Å². The lowest BCUT2D eigenvalue weighted by atomic mass is 10.1. The van der Waals surface area contributed by atoms with Crippen molar-refractivity contribution in [2.75, 3.05) is 31.1 Å². The molecule has 1 aromatic heterocycles. The maximum absolute atomic E-state index is 15.6. The van der Waals surface area contributed by atoms with Crippen LogP contribution < -0.4 is 15.6 Å². The van der Waals surface area contributed by atoms with Crippen LogP contribution in [0.2, 0.25) is 10.0 Å². The highest BCUT2D eigenvalue weighted by molar-refractivity contribution is 6.42. The van der Waals surface area contributed by atoms with Crippen molar-refractivity contribution in [1.82, 2.24) is 9.88 Å². The van der Waals surface area contributed by atoms with Crippen molar-refractivity contribution >= 4 is 45.6 Å². The minimum atomic E-state index is -1.03. The third-order valence-electron chi connectivity index (χ3n) is 6.27. The molecule has 2 aromatic rings. The Hall–Kier alpha value is -2.49. The normalized spacial score (nSPS) is 20.4. The molecule has 0 radical (unpaired) electrons. The Balaban J connectivity index is 1.73. The number of hydrogen-bond acceptors (Lipinski definition) is 6. The Morgan fingerprint density at radius 1 is 1.31 bits per heavy atom. The fraction of sp³-hybridized carbons (Fsp3) is 0.429. The van der Waals surface area contributed by atoms with Gasteiger partial charge in [-0.25, -0.2) is 4.39 Å². The molecule has 3 aliphatic rings. The zero-order valence-corrected chi connectivity index (χ0v) is 18.4. The maximum atomic E-state index is 15.6. The van der Waals surface area contributed by atoms with Crippen LogP contribution in [0.1, 0.15) is 35.7 Å². The van der Waals surface area contributed by atoms with E-state index in [4.69, 9.17) is 23.2 Å². The number of carbonyl (C=O) groups is 1. The molecular formula is C21H19Cl2FN4O4. The number of nitro groups is 1. The van der Waals surface area contributed by atoms with Crippen LogP contribution in [0.4, 0.5) is 10.1 Å². The fourth-order valence-electron chi connectivity index (χ4n) is 4.62. The van der Waals surface area contributed by atoms with Gasteiger partial charge in [-0.1, -0.05) is 29.3 Å². The molecule has 1 atom stereocenters. The fourth-order valence-corrected chi connectivity index (χ4v) is 5.28. The molecule has 1 unspecified atom stereocenters. The molecule has 2 aliphatic heterocycles. The van der Waals surface area contributed by atoms with E-state index in [0.717, 1.165) is 31.4 Å². The van der Waals surface area contributed by atoms with E-state index in [9.17, 15) is 19.7 Å². The number of anilines is 1. The first-order valence-electron chi connectivity index (χ1n) is 10.4. The average Bonchev–Trinajstić information content (AvgIpc) is 3.50. The van der Waals surface area contributed by atoms with Crippen LogP contribution in [0.15, 0.2) is 22.6 Å². The van der Waals surface area contributed by atoms with Gasteiger partial charge in [0.05, 0.1) is 32.2 Å². The van der Waals surface area contributed by atoms with Crippen LogP contribution in [-0.4, -0.2) is 47.5 Å². The minimum Gasteiger partial charge on any atom is -0.362 e. The zero-order chi connectivity index (χ0) is 22.7. The van der Waals surface area contributed by atoms with E-state index in [2.05, 4.69) is 11.4 Å². The van der Waals surface area contributed by atoms with E-state index in [0.29, 0.717) is 13.1 Å². The summed E-state index contributed by atoms with van der Waals surface area (Å²) >= 11 is 13.1. The number of Topliss-reactive ketones (excluding diaryl/α,β-unsaturated/α-hetero) is 1. The summed E-state index contributed by atoms with van der Waals surface area (Å²) in [6.45, 7) is 0.814. The SMILES string of the molecule is O=C(C[N+](=O)[O-])c1cn(C2CC2)c2c(Cl)c(N3CC4=CCCNC4C3)c(F)c(Cl)c2c1=O. The summed E-state index contributed by atoms with van der Waals surface area (Å²) in [4.78, 5) is 37.3. The standard InChI is InChI=1S/C21H19Cl2FN4O4/c22-16-15-19(27(11-3-4-11)7-12(21(15)30)14(29)9-28(31)32)17(23)20(18(16)24)26-6-10-2-1-5-25-13(10)8-26/h2,7,11,13,25H,1,3-6,8-9H2. The van der Waals surface area contributed by atoms with Crippen LogP contribution in [-0.2, 0) is 0 Å². The molecule has 0 bridgehead atoms. The molecule has 0 amide bonds. The average molecular weight is 481 g/mol. The second-order valence-corrected chi connectivity index (χ2v) is 9.15. The highest BCUT2D eigenvalue weighted by Crippen LogP contribution is 2.45. The van der Waals surface area contributed by atoms with Gasteiger partial charge in [0.1, 0.15) is 0 Å². The summed E-state index contributed by atoms with van der Waals surface area (Å²) in [5, 5.41) is 13.6. The molecule has 5 rings (SSSR count). The Kier molecular flexibility index (Phi) is 5.22. The van der Waals surface area contributed by atoms with Gasteiger partial charge in [-0.3, -0.25) is 19.7 Å². The largest absolute Gasteiger partial charge is 0.362 e. The number of pyridine rings is 1. The van der Waals surface area contributed by atoms with Gasteiger partial charge < -0.3 is 14.8 Å². The van der Waals surface area contributed by atoms with Gasteiger partial charge in [0.25, 0.3) is 6.54 Å². The Morgan fingerprint density at radius 2 is 2.06 bits per heavy atom. The van der Waals surface area contributed by atoms with Gasteiger partial charge in [0, 0.05) is 36.3 Å². The third kappa shape index (κ3) is 3.39. The zero-order valence-electron chi connectivity index (χ0n) is 16.9. The molecule has 1 saturated carbocycles. The molecule has 168 valence electrons. The predicted octanol–water partition coefficient (Wildman–Crippen LogP) is 3.35. The summed E-state index contributed by atoms with van der Waals surface area (Å²) in [5.41, 5.74) is 0.311. The minimum absolute atomic E-state index is 0.0438. The van der Waals surface area contributed by atoms with Crippen LogP contribution in [0.3, 0.4) is 0 Å². The van der Waals surface area contributed by atoms with Crippen molar-refractivity contribution in [1.29, 1.82) is 0 Å². The number of benzene rings is 1. The van der Waals surface area contributed by atoms with Crippen molar-refractivity contribution in [3.63, 3.8) is 0 Å². The van der Waals surface area contributed by atoms with Crippen LogP contribution in [0, 0.1) is 15.9 Å². The number of carbonyl (C=O) groups excluding carboxylic acids is 1. The second kappa shape index (κ2) is 7.83. The smallest absolute Gasteiger partial charge is 0.266 e. The lowest BCUT2D eigenvalue weighted by Crippen LogP contribution is -2.36. The molecule has 1 saturated heterocycles. The van der Waals surface area contributed by atoms with Gasteiger partial charge in [-0.15, -0.1) is 0 Å². The highest BCUT2D eigenvalue weighted by Gasteiger charge is 2.36. The van der Waals surface area contributed by atoms with Gasteiger partial charge in [-0.05, 0) is 31.4 Å². The summed E-state index contributed by atoms with van der Waals surface area (Å²) in [7, 11) is 0. The second-order valence-electron chi connectivity index (χ2n) is 8.39. The van der Waals surface area contributed by atoms with Crippen LogP contribution in [0.25, 0.3) is 10.9 Å². The highest BCUT2D eigenvalue weighted by atomic mass is 35.5. The summed E-state index contributed by atoms with van der Waals surface area (Å²) < 4.78 is 17.2. The molecule has 1 aliphatic carbocycles. The topological polar surface area (TPSA) is 97.5 Å². The van der Waals surface area contributed by atoms with Gasteiger partial charge in [-0.2, -0.15) is 0 Å². The Morgan fingerprint density at radius 3 is 2.72 bits per heavy atom. The number of nitrogens with zero attached hydrogens (tertiary/aromatic N) is 3. The predicted molar refractivity (Wildman–Crippen MR) is 119 cm³/mol. The number of rotatable bonds is 5. The molecule has 0 spiro atoms. The summed E-state index contributed by atoms with van der Waals surface area (Å²) in [6.07, 6.45) is 5.92. The Labute approximate surface area is 191 Å². The van der Waals surface area contributed by atoms with Gasteiger partial charge in [0.15, 0.2) is 5.82 Å². The third-order valence-corrected chi connectivity index (χ3v) is 6.98. The number of ketones is 1. The monoisotopic (exact) mass is 480 g/mol. The molecule has 2 fully saturated rings. The van der Waals surface area contributed by atoms with E-state index in [1.807, 2.05) is 4.90 Å². The number of aromatic nitrogens is 1. The van der Waals surface area contributed by atoms with Crippen molar-refractivity contribution in [2.45, 2.75) is 31.3 Å². The van der Waals surface area contributed by atoms with Crippen LogP contribution in [0.5, 0.6) is 0 Å². The first-order chi connectivity index (χ1) is 15.3. The van der Waals surface area contributed by atoms with Crippen molar-refractivity contribution in [3.05, 3.63) is 59.6 Å². The molecule has 11 heteroatoms. The first-order valence-corrected chi connectivity index (χ1v) is 11.1. The molecule has 3 heterocycles. The number of hydrogen-bond donors (Lipinski definition) is 1. The number of halogens is 3. The van der Waals surface area contributed by atoms with Gasteiger partial charge >= 0.3 is 0 Å². The lowest BCUT2D eigenvalue weighted by Gasteiger charge is -2.24. The number of nitrogens with one attached hydrogen (secondary N) is 1. The van der Waals surface area contributed by atoms with Crippen molar-refractivity contribution in [3.8, 4) is 0 Å². The van der Waals surface area contributed by atoms with E-state index in [1.54, 1.807) is 4.57 Å². The van der Waals surface area contributed by atoms with E-state index >= 15 is 4.39 Å². The maximum Gasteiger partial charge on any atom is 0.266 e. The molecular weight excluding hydrogens is 462 g/mol. The van der Waals surface area contributed by atoms with E-state index in [-0.39, 0.29) is 39.3 Å². The van der Waals surface area contributed by atoms with Gasteiger partial charge in [0.2, 0.25) is 11.2 Å². The lowest BCUT2D eigenvalue weighted by molar-refractivity contribution is -0.465.